The zero-order valence-electron chi connectivity index (χ0n) is 19.4. The first-order valence-corrected chi connectivity index (χ1v) is 12.1. The van der Waals surface area contributed by atoms with Crippen LogP contribution in [0, 0.1) is 6.92 Å². The average Bonchev–Trinajstić information content (AvgIpc) is 2.85. The zero-order valence-corrected chi connectivity index (χ0v) is 20.3. The molecule has 0 spiro atoms. The van der Waals surface area contributed by atoms with Gasteiger partial charge in [-0.3, -0.25) is 14.2 Å². The summed E-state index contributed by atoms with van der Waals surface area (Å²) in [4.78, 5) is 31.6. The first kappa shape index (κ1) is 23.6. The fourth-order valence-corrected chi connectivity index (χ4v) is 4.90. The minimum atomic E-state index is -0.623. The number of anilines is 1. The molecular weight excluding hydrogens is 446 g/mol. The van der Waals surface area contributed by atoms with E-state index in [0.29, 0.717) is 34.0 Å². The molecule has 1 atom stereocenters. The molecule has 0 aliphatic heterocycles. The minimum absolute atomic E-state index is 0.0949. The fourth-order valence-electron chi connectivity index (χ4n) is 3.78. The van der Waals surface area contributed by atoms with Crippen LogP contribution in [0.5, 0.6) is 5.75 Å². The lowest BCUT2D eigenvalue weighted by Gasteiger charge is -2.20. The quantitative estimate of drug-likeness (QED) is 0.267. The number of para-hydroxylation sites is 1. The van der Waals surface area contributed by atoms with E-state index in [-0.39, 0.29) is 11.5 Å². The van der Waals surface area contributed by atoms with Crippen molar-refractivity contribution >= 4 is 34.3 Å². The molecule has 0 saturated carbocycles. The molecule has 1 unspecified atom stereocenters. The van der Waals surface area contributed by atoms with E-state index in [0.717, 1.165) is 17.5 Å². The van der Waals surface area contributed by atoms with E-state index in [2.05, 4.69) is 5.32 Å². The molecule has 1 N–H and O–H groups in total. The SMILES string of the molecule is CCCn1c(SC(C(=O)Nc2cc(C)ccc2OC)c2ccccc2)nc2ccccc2c1=O. The highest BCUT2D eigenvalue weighted by atomic mass is 32.2. The molecular formula is C27H27N3O3S. The van der Waals surface area contributed by atoms with E-state index in [1.165, 1.54) is 11.8 Å². The molecule has 174 valence electrons. The van der Waals surface area contributed by atoms with Gasteiger partial charge in [-0.2, -0.15) is 0 Å². The Morgan fingerprint density at radius 2 is 1.82 bits per heavy atom. The second-order valence-electron chi connectivity index (χ2n) is 7.97. The van der Waals surface area contributed by atoms with E-state index in [9.17, 15) is 9.59 Å². The summed E-state index contributed by atoms with van der Waals surface area (Å²) in [5.74, 6) is 0.369. The second-order valence-corrected chi connectivity index (χ2v) is 9.04. The lowest BCUT2D eigenvalue weighted by Crippen LogP contribution is -2.25. The Kier molecular flexibility index (Phi) is 7.33. The summed E-state index contributed by atoms with van der Waals surface area (Å²) in [6.07, 6.45) is 0.774. The maximum Gasteiger partial charge on any atom is 0.262 e. The number of nitrogens with one attached hydrogen (secondary N) is 1. The summed E-state index contributed by atoms with van der Waals surface area (Å²) < 4.78 is 7.11. The van der Waals surface area contributed by atoms with Gasteiger partial charge in [0.2, 0.25) is 5.91 Å². The number of hydrogen-bond acceptors (Lipinski definition) is 5. The molecule has 0 fully saturated rings. The monoisotopic (exact) mass is 473 g/mol. The molecule has 0 aliphatic rings. The highest BCUT2D eigenvalue weighted by Crippen LogP contribution is 2.36. The van der Waals surface area contributed by atoms with Crippen molar-refractivity contribution < 1.29 is 9.53 Å². The number of amides is 1. The average molecular weight is 474 g/mol. The minimum Gasteiger partial charge on any atom is -0.495 e. The Balaban J connectivity index is 1.77. The molecule has 7 heteroatoms. The summed E-state index contributed by atoms with van der Waals surface area (Å²) in [6, 6.07) is 22.5. The number of fused-ring (bicyclic) bond motifs is 1. The van der Waals surface area contributed by atoms with Crippen molar-refractivity contribution in [1.29, 1.82) is 0 Å². The maximum atomic E-state index is 13.6. The van der Waals surface area contributed by atoms with Crippen LogP contribution in [0.15, 0.2) is 82.7 Å². The van der Waals surface area contributed by atoms with Crippen molar-refractivity contribution in [3.8, 4) is 5.75 Å². The van der Waals surface area contributed by atoms with Crippen LogP contribution in [-0.4, -0.2) is 22.6 Å². The van der Waals surface area contributed by atoms with E-state index < -0.39 is 5.25 Å². The van der Waals surface area contributed by atoms with Crippen molar-refractivity contribution in [3.63, 3.8) is 0 Å². The predicted molar refractivity (Wildman–Crippen MR) is 138 cm³/mol. The highest BCUT2D eigenvalue weighted by molar-refractivity contribution is 8.00. The van der Waals surface area contributed by atoms with Crippen LogP contribution >= 0.6 is 11.8 Å². The number of nitrogens with zero attached hydrogens (tertiary/aromatic N) is 2. The van der Waals surface area contributed by atoms with Gasteiger partial charge in [0, 0.05) is 6.54 Å². The van der Waals surface area contributed by atoms with Gasteiger partial charge in [0.25, 0.3) is 5.56 Å². The third-order valence-corrected chi connectivity index (χ3v) is 6.69. The van der Waals surface area contributed by atoms with Crippen LogP contribution in [0.1, 0.15) is 29.7 Å². The Bertz CT molecular complexity index is 1370. The lowest BCUT2D eigenvalue weighted by molar-refractivity contribution is -0.115. The first-order valence-electron chi connectivity index (χ1n) is 11.2. The number of hydrogen-bond donors (Lipinski definition) is 1. The number of benzene rings is 3. The second kappa shape index (κ2) is 10.6. The molecule has 4 rings (SSSR count). The number of carbonyl (C=O) groups excluding carboxylic acids is 1. The third kappa shape index (κ3) is 4.99. The molecule has 1 heterocycles. The Morgan fingerprint density at radius 1 is 1.09 bits per heavy atom. The van der Waals surface area contributed by atoms with Crippen LogP contribution in [-0.2, 0) is 11.3 Å². The van der Waals surface area contributed by atoms with Gasteiger partial charge in [-0.15, -0.1) is 0 Å². The Labute approximate surface area is 203 Å². The number of aromatic nitrogens is 2. The summed E-state index contributed by atoms with van der Waals surface area (Å²) >= 11 is 1.28. The molecule has 0 aliphatic carbocycles. The Morgan fingerprint density at radius 3 is 2.56 bits per heavy atom. The van der Waals surface area contributed by atoms with Gasteiger partial charge < -0.3 is 10.1 Å². The molecule has 0 radical (unpaired) electrons. The molecule has 1 amide bonds. The number of rotatable bonds is 8. The molecule has 4 aromatic rings. The largest absolute Gasteiger partial charge is 0.495 e. The van der Waals surface area contributed by atoms with Crippen LogP contribution in [0.3, 0.4) is 0 Å². The van der Waals surface area contributed by atoms with Crippen molar-refractivity contribution in [2.75, 3.05) is 12.4 Å². The van der Waals surface area contributed by atoms with E-state index in [1.54, 1.807) is 17.7 Å². The van der Waals surface area contributed by atoms with Gasteiger partial charge >= 0.3 is 0 Å². The molecule has 1 aromatic heterocycles. The number of methoxy groups -OCH3 is 1. The Hall–Kier alpha value is -3.58. The van der Waals surface area contributed by atoms with Gasteiger partial charge in [-0.05, 0) is 48.7 Å². The predicted octanol–water partition coefficient (Wildman–Crippen LogP) is 5.60. The maximum absolute atomic E-state index is 13.6. The van der Waals surface area contributed by atoms with Gasteiger partial charge in [0.15, 0.2) is 5.16 Å². The van der Waals surface area contributed by atoms with Crippen LogP contribution in [0.4, 0.5) is 5.69 Å². The lowest BCUT2D eigenvalue weighted by atomic mass is 10.1. The smallest absolute Gasteiger partial charge is 0.262 e. The fraction of sp³-hybridized carbons (Fsp3) is 0.222. The standard InChI is InChI=1S/C27H27N3O3S/c1-4-16-30-26(32)20-12-8-9-13-21(20)29-27(30)34-24(19-10-6-5-7-11-19)25(31)28-22-17-18(2)14-15-23(22)33-3/h5-15,17,24H,4,16H2,1-3H3,(H,28,31). The van der Waals surface area contributed by atoms with Crippen LogP contribution < -0.4 is 15.6 Å². The first-order chi connectivity index (χ1) is 16.5. The van der Waals surface area contributed by atoms with Crippen LogP contribution in [0.25, 0.3) is 10.9 Å². The molecule has 0 bridgehead atoms. The molecule has 3 aromatic carbocycles. The van der Waals surface area contributed by atoms with Gasteiger partial charge in [-0.1, -0.05) is 67.2 Å². The summed E-state index contributed by atoms with van der Waals surface area (Å²) in [7, 11) is 1.58. The van der Waals surface area contributed by atoms with E-state index in [4.69, 9.17) is 9.72 Å². The molecule has 34 heavy (non-hydrogen) atoms. The van der Waals surface area contributed by atoms with Crippen molar-refractivity contribution in [2.45, 2.75) is 37.2 Å². The zero-order chi connectivity index (χ0) is 24.1. The normalized spacial score (nSPS) is 11.9. The van der Waals surface area contributed by atoms with Crippen LogP contribution in [0.2, 0.25) is 0 Å². The topological polar surface area (TPSA) is 73.2 Å². The molecule has 6 nitrogen and oxygen atoms in total. The molecule has 0 saturated heterocycles. The number of carbonyl (C=O) groups is 1. The number of aryl methyl sites for hydroxylation is 1. The number of thioether (sulfide) groups is 1. The van der Waals surface area contributed by atoms with Crippen molar-refractivity contribution in [1.82, 2.24) is 9.55 Å². The van der Waals surface area contributed by atoms with Gasteiger partial charge in [0.1, 0.15) is 11.0 Å². The summed E-state index contributed by atoms with van der Waals surface area (Å²) in [5.41, 5.74) is 2.96. The highest BCUT2D eigenvalue weighted by Gasteiger charge is 2.26. The van der Waals surface area contributed by atoms with Crippen molar-refractivity contribution in [2.24, 2.45) is 0 Å². The third-order valence-electron chi connectivity index (χ3n) is 5.45. The van der Waals surface area contributed by atoms with E-state index >= 15 is 0 Å². The summed E-state index contributed by atoms with van der Waals surface area (Å²) in [6.45, 7) is 4.50. The number of ether oxygens (including phenoxy) is 1. The van der Waals surface area contributed by atoms with Crippen molar-refractivity contribution in [3.05, 3.63) is 94.3 Å². The van der Waals surface area contributed by atoms with Gasteiger partial charge in [0.05, 0.1) is 23.7 Å². The van der Waals surface area contributed by atoms with E-state index in [1.807, 2.05) is 80.6 Å². The summed E-state index contributed by atoms with van der Waals surface area (Å²) in [5, 5.41) is 3.50. The van der Waals surface area contributed by atoms with Gasteiger partial charge in [-0.25, -0.2) is 4.98 Å².